The fourth-order valence-corrected chi connectivity index (χ4v) is 3.94. The highest BCUT2D eigenvalue weighted by Gasteiger charge is 2.21. The van der Waals surface area contributed by atoms with E-state index in [2.05, 4.69) is 5.32 Å². The molecule has 0 aliphatic heterocycles. The van der Waals surface area contributed by atoms with E-state index in [0.717, 1.165) is 15.6 Å². The molecular formula is C22H29NO6S. The second kappa shape index (κ2) is 9.93. The molecule has 1 heterocycles. The summed E-state index contributed by atoms with van der Waals surface area (Å²) >= 11 is 1.37. The number of Topliss-reactive ketones (excluding diaryl/α,β-unsaturated/α-hetero) is 1. The van der Waals surface area contributed by atoms with Crippen LogP contribution in [0.1, 0.15) is 49.4 Å². The number of benzene rings is 1. The van der Waals surface area contributed by atoms with Gasteiger partial charge in [0.1, 0.15) is 11.4 Å². The van der Waals surface area contributed by atoms with Crippen LogP contribution < -0.4 is 10.1 Å². The van der Waals surface area contributed by atoms with Crippen molar-refractivity contribution in [2.24, 2.45) is 5.92 Å². The summed E-state index contributed by atoms with van der Waals surface area (Å²) in [6.45, 7) is 7.50. The average Bonchev–Trinajstić information content (AvgIpc) is 3.08. The number of methoxy groups -OCH3 is 2. The molecule has 7 nitrogen and oxygen atoms in total. The van der Waals surface area contributed by atoms with Crippen LogP contribution in [-0.2, 0) is 20.7 Å². The van der Waals surface area contributed by atoms with Gasteiger partial charge in [0.05, 0.1) is 25.0 Å². The van der Waals surface area contributed by atoms with Crippen LogP contribution in [0.25, 0.3) is 10.1 Å². The van der Waals surface area contributed by atoms with Gasteiger partial charge in [-0.15, -0.1) is 11.3 Å². The van der Waals surface area contributed by atoms with Crippen LogP contribution >= 0.6 is 11.3 Å². The van der Waals surface area contributed by atoms with Crippen LogP contribution in [0.2, 0.25) is 0 Å². The topological polar surface area (TPSA) is 90.9 Å². The molecule has 0 saturated heterocycles. The fraction of sp³-hybridized carbons (Fsp3) is 0.500. The number of thiophene rings is 1. The quantitative estimate of drug-likeness (QED) is 0.489. The van der Waals surface area contributed by atoms with Gasteiger partial charge in [0.2, 0.25) is 0 Å². The molecule has 0 aliphatic rings. The number of rotatable bonds is 8. The zero-order valence-electron chi connectivity index (χ0n) is 18.3. The lowest BCUT2D eigenvalue weighted by Gasteiger charge is -2.19. The molecule has 0 aliphatic carbocycles. The van der Waals surface area contributed by atoms with E-state index in [4.69, 9.17) is 14.2 Å². The van der Waals surface area contributed by atoms with Gasteiger partial charge < -0.3 is 19.5 Å². The van der Waals surface area contributed by atoms with E-state index >= 15 is 0 Å². The molecular weight excluding hydrogens is 406 g/mol. The predicted octanol–water partition coefficient (Wildman–Crippen LogP) is 4.36. The molecule has 30 heavy (non-hydrogen) atoms. The van der Waals surface area contributed by atoms with E-state index in [1.165, 1.54) is 18.4 Å². The van der Waals surface area contributed by atoms with Crippen molar-refractivity contribution in [1.82, 2.24) is 5.32 Å². The van der Waals surface area contributed by atoms with Gasteiger partial charge in [-0.3, -0.25) is 9.59 Å². The van der Waals surface area contributed by atoms with Gasteiger partial charge in [-0.25, -0.2) is 4.79 Å². The normalized spacial score (nSPS) is 12.3. The number of esters is 1. The molecule has 1 N–H and O–H groups in total. The Morgan fingerprint density at radius 1 is 1.13 bits per heavy atom. The number of hydrogen-bond acceptors (Lipinski definition) is 7. The molecule has 0 bridgehead atoms. The Bertz CT molecular complexity index is 928. The number of nitrogens with one attached hydrogen (secondary N) is 1. The third-order valence-electron chi connectivity index (χ3n) is 4.35. The molecule has 1 aromatic heterocycles. The molecule has 0 spiro atoms. The number of fused-ring (bicyclic) bond motifs is 1. The third-order valence-corrected chi connectivity index (χ3v) is 5.49. The SMILES string of the molecule is COC(=O)[C@@H](C)CC(=O)c1cc2cc(CCNC(=O)OC(C)(C)C)c(OC)cc2s1. The maximum atomic E-state index is 12.6. The zero-order chi connectivity index (χ0) is 22.5. The van der Waals surface area contributed by atoms with Crippen molar-refractivity contribution in [2.45, 2.75) is 46.1 Å². The summed E-state index contributed by atoms with van der Waals surface area (Å²) in [7, 11) is 2.90. The Balaban J connectivity index is 2.12. The predicted molar refractivity (Wildman–Crippen MR) is 116 cm³/mol. The molecule has 164 valence electrons. The van der Waals surface area contributed by atoms with Crippen LogP contribution in [0.15, 0.2) is 18.2 Å². The molecule has 0 fully saturated rings. The molecule has 8 heteroatoms. The van der Waals surface area contributed by atoms with Crippen molar-refractivity contribution in [3.8, 4) is 5.75 Å². The lowest BCUT2D eigenvalue weighted by Crippen LogP contribution is -2.33. The van der Waals surface area contributed by atoms with Gasteiger partial charge in [-0.05, 0) is 56.3 Å². The molecule has 1 amide bonds. The highest BCUT2D eigenvalue weighted by Crippen LogP contribution is 2.33. The van der Waals surface area contributed by atoms with Crippen LogP contribution in [0.5, 0.6) is 5.75 Å². The second-order valence-corrected chi connectivity index (χ2v) is 9.13. The Morgan fingerprint density at radius 3 is 2.43 bits per heavy atom. The molecule has 0 radical (unpaired) electrons. The summed E-state index contributed by atoms with van der Waals surface area (Å²) in [5.74, 6) is -0.291. The first-order chi connectivity index (χ1) is 14.0. The Morgan fingerprint density at radius 2 is 1.83 bits per heavy atom. The number of carbonyl (C=O) groups excluding carboxylic acids is 3. The van der Waals surface area contributed by atoms with E-state index in [-0.39, 0.29) is 12.2 Å². The minimum Gasteiger partial charge on any atom is -0.496 e. The Labute approximate surface area is 180 Å². The van der Waals surface area contributed by atoms with Gasteiger partial charge in [0, 0.05) is 17.7 Å². The fourth-order valence-electron chi connectivity index (χ4n) is 2.91. The summed E-state index contributed by atoms with van der Waals surface area (Å²) < 4.78 is 16.3. The Hall–Kier alpha value is -2.61. The van der Waals surface area contributed by atoms with Gasteiger partial charge in [-0.2, -0.15) is 0 Å². The van der Waals surface area contributed by atoms with E-state index < -0.39 is 23.6 Å². The van der Waals surface area contributed by atoms with Gasteiger partial charge in [-0.1, -0.05) is 6.92 Å². The molecule has 2 aromatic rings. The maximum Gasteiger partial charge on any atom is 0.407 e. The van der Waals surface area contributed by atoms with Crippen molar-refractivity contribution >= 4 is 39.3 Å². The first-order valence-electron chi connectivity index (χ1n) is 9.72. The number of amides is 1. The minimum atomic E-state index is -0.550. The number of carbonyl (C=O) groups is 3. The smallest absolute Gasteiger partial charge is 0.407 e. The number of ketones is 1. The summed E-state index contributed by atoms with van der Waals surface area (Å²) in [6.07, 6.45) is 0.186. The zero-order valence-corrected chi connectivity index (χ0v) is 19.1. The van der Waals surface area contributed by atoms with Gasteiger partial charge >= 0.3 is 12.1 Å². The lowest BCUT2D eigenvalue weighted by atomic mass is 10.0. The lowest BCUT2D eigenvalue weighted by molar-refractivity contribution is -0.144. The van der Waals surface area contributed by atoms with E-state index in [1.807, 2.05) is 39.0 Å². The maximum absolute atomic E-state index is 12.6. The average molecular weight is 436 g/mol. The third kappa shape index (κ3) is 6.45. The van der Waals surface area contributed by atoms with Crippen LogP contribution in [0, 0.1) is 5.92 Å². The molecule has 0 saturated carbocycles. The highest BCUT2D eigenvalue weighted by molar-refractivity contribution is 7.20. The van der Waals surface area contributed by atoms with E-state index in [9.17, 15) is 14.4 Å². The summed E-state index contributed by atoms with van der Waals surface area (Å²) in [5.41, 5.74) is 0.367. The largest absolute Gasteiger partial charge is 0.496 e. The minimum absolute atomic E-state index is 0.0961. The standard InChI is InChI=1S/C22H29NO6S/c1-13(20(25)28-6)9-16(24)19-11-15-10-14(17(27-5)12-18(15)30-19)7-8-23-21(26)29-22(2,3)4/h10-13H,7-9H2,1-6H3,(H,23,26)/t13-/m0/s1. The first kappa shape index (κ1) is 23.7. The van der Waals surface area contributed by atoms with Gasteiger partial charge in [0.25, 0.3) is 0 Å². The Kier molecular flexibility index (Phi) is 7.83. The highest BCUT2D eigenvalue weighted by atomic mass is 32.1. The number of ether oxygens (including phenoxy) is 3. The molecule has 1 aromatic carbocycles. The number of hydrogen-bond donors (Lipinski definition) is 1. The molecule has 0 unspecified atom stereocenters. The van der Waals surface area contributed by atoms with Crippen molar-refractivity contribution in [2.75, 3.05) is 20.8 Å². The van der Waals surface area contributed by atoms with Crippen LogP contribution in [0.4, 0.5) is 4.79 Å². The van der Waals surface area contributed by atoms with Crippen molar-refractivity contribution in [3.05, 3.63) is 28.6 Å². The van der Waals surface area contributed by atoms with Crippen LogP contribution in [-0.4, -0.2) is 44.2 Å². The summed E-state index contributed by atoms with van der Waals surface area (Å²) in [4.78, 5) is 36.5. The number of alkyl carbamates (subject to hydrolysis) is 1. The van der Waals surface area contributed by atoms with Crippen molar-refractivity contribution in [3.63, 3.8) is 0 Å². The molecule has 2 rings (SSSR count). The van der Waals surface area contributed by atoms with Crippen molar-refractivity contribution in [1.29, 1.82) is 0 Å². The summed E-state index contributed by atoms with van der Waals surface area (Å²) in [6, 6.07) is 5.68. The molecule has 1 atom stereocenters. The monoisotopic (exact) mass is 435 g/mol. The van der Waals surface area contributed by atoms with Gasteiger partial charge in [0.15, 0.2) is 5.78 Å². The summed E-state index contributed by atoms with van der Waals surface area (Å²) in [5, 5.41) is 3.65. The van der Waals surface area contributed by atoms with E-state index in [0.29, 0.717) is 23.6 Å². The van der Waals surface area contributed by atoms with E-state index in [1.54, 1.807) is 14.0 Å². The van der Waals surface area contributed by atoms with Crippen molar-refractivity contribution < 1.29 is 28.6 Å². The second-order valence-electron chi connectivity index (χ2n) is 8.04. The first-order valence-corrected chi connectivity index (χ1v) is 10.5. The van der Waals surface area contributed by atoms with Crippen LogP contribution in [0.3, 0.4) is 0 Å².